The van der Waals surface area contributed by atoms with E-state index < -0.39 is 18.1 Å². The summed E-state index contributed by atoms with van der Waals surface area (Å²) in [7, 11) is 5.40. The van der Waals surface area contributed by atoms with E-state index in [4.69, 9.17) is 14.2 Å². The Balaban J connectivity index is 4.36. The first-order valence-corrected chi connectivity index (χ1v) is 24.2. The molecule has 0 saturated carbocycles. The summed E-state index contributed by atoms with van der Waals surface area (Å²) in [5, 5.41) is 11.6. The highest BCUT2D eigenvalue weighted by Crippen LogP contribution is 2.15. The third-order valence-electron chi connectivity index (χ3n) is 10.7. The normalized spacial score (nSPS) is 13.3. The van der Waals surface area contributed by atoms with Crippen LogP contribution in [0, 0.1) is 0 Å². The van der Waals surface area contributed by atoms with E-state index in [1.165, 1.54) is 122 Å². The number of aliphatic carboxylic acids is 1. The van der Waals surface area contributed by atoms with E-state index in [-0.39, 0.29) is 49.1 Å². The predicted molar refractivity (Wildman–Crippen MR) is 245 cm³/mol. The van der Waals surface area contributed by atoms with Crippen LogP contribution < -0.4 is 5.11 Å². The first-order valence-electron chi connectivity index (χ1n) is 24.2. The van der Waals surface area contributed by atoms with Gasteiger partial charge in [-0.15, -0.1) is 0 Å². The second-order valence-corrected chi connectivity index (χ2v) is 17.4. The van der Waals surface area contributed by atoms with Crippen LogP contribution in [-0.4, -0.2) is 75.5 Å². The highest BCUT2D eigenvalue weighted by Gasteiger charge is 2.25. The van der Waals surface area contributed by atoms with Crippen LogP contribution in [0.4, 0.5) is 0 Å². The quantitative estimate of drug-likeness (QED) is 0.0261. The molecule has 2 atom stereocenters. The smallest absolute Gasteiger partial charge is 0.306 e. The molecule has 0 aliphatic carbocycles. The molecule has 0 amide bonds. The van der Waals surface area contributed by atoms with Crippen LogP contribution in [0.2, 0.25) is 0 Å². The second-order valence-electron chi connectivity index (χ2n) is 17.4. The van der Waals surface area contributed by atoms with Gasteiger partial charge in [-0.3, -0.25) is 9.59 Å². The largest absolute Gasteiger partial charge is 0.544 e. The first kappa shape index (κ1) is 56.3. The molecule has 0 saturated heterocycles. The van der Waals surface area contributed by atoms with E-state index in [9.17, 15) is 19.5 Å². The van der Waals surface area contributed by atoms with Crippen LogP contribution in [0.5, 0.6) is 0 Å². The number of rotatable bonds is 43. The number of carboxylic acids is 1. The minimum atomic E-state index is -1.13. The summed E-state index contributed by atoms with van der Waals surface area (Å²) in [5.74, 6) is -1.80. The van der Waals surface area contributed by atoms with Crippen molar-refractivity contribution < 1.29 is 38.2 Å². The number of nitrogens with zero attached hydrogens (tertiary/aromatic N) is 1. The van der Waals surface area contributed by atoms with Crippen molar-refractivity contribution in [1.82, 2.24) is 0 Å². The number of likely N-dealkylation sites (N-methyl/N-ethyl adjacent to an activating group) is 1. The lowest BCUT2D eigenvalue weighted by Gasteiger charge is -2.34. The first-order chi connectivity index (χ1) is 28.6. The Bertz CT molecular complexity index is 1110. The summed E-state index contributed by atoms with van der Waals surface area (Å²) >= 11 is 0. The van der Waals surface area contributed by atoms with Gasteiger partial charge in [0.25, 0.3) is 0 Å². The summed E-state index contributed by atoms with van der Waals surface area (Å²) in [6, 6.07) is -0.733. The van der Waals surface area contributed by atoms with Crippen LogP contribution >= 0.6 is 0 Å². The lowest BCUT2D eigenvalue weighted by molar-refractivity contribution is -0.889. The van der Waals surface area contributed by atoms with Crippen LogP contribution in [0.1, 0.15) is 206 Å². The van der Waals surface area contributed by atoms with Gasteiger partial charge in [-0.1, -0.05) is 184 Å². The number of hydrogen-bond donors (Lipinski definition) is 0. The summed E-state index contributed by atoms with van der Waals surface area (Å²) < 4.78 is 17.2. The number of allylic oxidation sites excluding steroid dienone is 8. The molecule has 342 valence electrons. The molecule has 0 aromatic carbocycles. The molecule has 2 unspecified atom stereocenters. The van der Waals surface area contributed by atoms with Gasteiger partial charge in [0.15, 0.2) is 6.10 Å². The topological polar surface area (TPSA) is 102 Å². The molecule has 0 aromatic heterocycles. The van der Waals surface area contributed by atoms with Gasteiger partial charge in [0, 0.05) is 19.3 Å². The minimum Gasteiger partial charge on any atom is -0.544 e. The van der Waals surface area contributed by atoms with E-state index in [2.05, 4.69) is 62.5 Å². The lowest BCUT2D eigenvalue weighted by Crippen LogP contribution is -2.55. The average Bonchev–Trinajstić information content (AvgIpc) is 3.19. The highest BCUT2D eigenvalue weighted by molar-refractivity contribution is 5.70. The van der Waals surface area contributed by atoms with Gasteiger partial charge in [0.1, 0.15) is 12.6 Å². The van der Waals surface area contributed by atoms with Crippen molar-refractivity contribution in [2.45, 2.75) is 219 Å². The predicted octanol–water partition coefficient (Wildman–Crippen LogP) is 12.3. The van der Waals surface area contributed by atoms with Crippen molar-refractivity contribution >= 4 is 17.9 Å². The number of unbranched alkanes of at least 4 members (excludes halogenated alkanes) is 21. The van der Waals surface area contributed by atoms with E-state index in [1.54, 1.807) is 21.1 Å². The number of esters is 2. The maximum atomic E-state index is 12.8. The zero-order chi connectivity index (χ0) is 43.5. The number of quaternary nitrogens is 1. The maximum absolute atomic E-state index is 12.8. The molecule has 0 heterocycles. The molecule has 0 aliphatic rings. The Morgan fingerprint density at radius 3 is 1.37 bits per heavy atom. The van der Waals surface area contributed by atoms with Crippen LogP contribution in [0.25, 0.3) is 0 Å². The Morgan fingerprint density at radius 1 is 0.508 bits per heavy atom. The van der Waals surface area contributed by atoms with E-state index in [0.29, 0.717) is 12.8 Å². The fraction of sp³-hybridized carbons (Fsp3) is 0.784. The highest BCUT2D eigenvalue weighted by atomic mass is 16.6. The Labute approximate surface area is 363 Å². The third-order valence-corrected chi connectivity index (χ3v) is 10.7. The summed E-state index contributed by atoms with van der Waals surface area (Å²) in [6.45, 7) is 4.59. The molecule has 0 spiro atoms. The summed E-state index contributed by atoms with van der Waals surface area (Å²) in [6.07, 6.45) is 50.0. The van der Waals surface area contributed by atoms with Gasteiger partial charge in [-0.25, -0.2) is 0 Å². The van der Waals surface area contributed by atoms with E-state index in [0.717, 1.165) is 44.9 Å². The van der Waals surface area contributed by atoms with Gasteiger partial charge in [-0.05, 0) is 51.4 Å². The Kier molecular flexibility index (Phi) is 40.1. The number of carbonyl (C=O) groups is 3. The fourth-order valence-corrected chi connectivity index (χ4v) is 6.95. The number of ether oxygens (including phenoxy) is 3. The van der Waals surface area contributed by atoms with Crippen LogP contribution in [0.3, 0.4) is 0 Å². The molecule has 8 heteroatoms. The molecule has 59 heavy (non-hydrogen) atoms. The van der Waals surface area contributed by atoms with Gasteiger partial charge < -0.3 is 28.6 Å². The molecular weight excluding hydrogens is 739 g/mol. The zero-order valence-corrected chi connectivity index (χ0v) is 38.9. The molecule has 0 aromatic rings. The molecule has 0 rings (SSSR count). The molecule has 0 bridgehead atoms. The van der Waals surface area contributed by atoms with Gasteiger partial charge in [0.2, 0.25) is 0 Å². The van der Waals surface area contributed by atoms with Crippen molar-refractivity contribution in [1.29, 1.82) is 0 Å². The Hall–Kier alpha value is -2.71. The molecule has 0 aliphatic heterocycles. The van der Waals surface area contributed by atoms with E-state index >= 15 is 0 Å². The number of carboxylic acid groups (broad SMARTS) is 1. The van der Waals surface area contributed by atoms with Gasteiger partial charge in [0.05, 0.1) is 40.3 Å². The van der Waals surface area contributed by atoms with Crippen LogP contribution in [-0.2, 0) is 28.6 Å². The molecule has 8 nitrogen and oxygen atoms in total. The number of carbonyl (C=O) groups excluding carboxylic acids is 3. The molecule has 0 N–H and O–H groups in total. The van der Waals surface area contributed by atoms with Crippen molar-refractivity contribution in [2.75, 3.05) is 41.0 Å². The van der Waals surface area contributed by atoms with Crippen molar-refractivity contribution in [3.8, 4) is 0 Å². The lowest BCUT2D eigenvalue weighted by atomic mass is 10.0. The minimum absolute atomic E-state index is 0.0251. The molecule has 0 fully saturated rings. The molecule has 0 radical (unpaired) electrons. The zero-order valence-electron chi connectivity index (χ0n) is 38.9. The monoisotopic (exact) mass is 830 g/mol. The van der Waals surface area contributed by atoms with Gasteiger partial charge >= 0.3 is 11.9 Å². The average molecular weight is 830 g/mol. The van der Waals surface area contributed by atoms with Crippen molar-refractivity contribution in [3.63, 3.8) is 0 Å². The third kappa shape index (κ3) is 40.5. The standard InChI is InChI=1S/C51H91NO7/c1-6-8-10-12-14-16-18-20-22-24-26-28-30-32-34-36-38-40-42-50(54)59-47(45-57-44-43-48(51(55)56)52(3,4)5)46-58-49(53)41-39-37-35-33-31-29-27-25-23-21-19-17-15-13-11-9-7-2/h15,17,21,23,27,29,33,35,47-48H,6-14,16,18-20,22,24-26,28,30-32,34,36-46H2,1-5H3/b17-15+,23-21+,29-27+,35-33+. The summed E-state index contributed by atoms with van der Waals surface area (Å²) in [5.41, 5.74) is 0. The van der Waals surface area contributed by atoms with Crippen molar-refractivity contribution in [2.24, 2.45) is 0 Å². The van der Waals surface area contributed by atoms with E-state index in [1.807, 2.05) is 0 Å². The fourth-order valence-electron chi connectivity index (χ4n) is 6.95. The maximum Gasteiger partial charge on any atom is 0.306 e. The van der Waals surface area contributed by atoms with Crippen molar-refractivity contribution in [3.05, 3.63) is 48.6 Å². The molecular formula is C51H91NO7. The number of hydrogen-bond acceptors (Lipinski definition) is 7. The van der Waals surface area contributed by atoms with Gasteiger partial charge in [-0.2, -0.15) is 0 Å². The Morgan fingerprint density at radius 2 is 0.915 bits per heavy atom. The summed E-state index contributed by atoms with van der Waals surface area (Å²) in [4.78, 5) is 36.9. The van der Waals surface area contributed by atoms with Crippen LogP contribution in [0.15, 0.2) is 48.6 Å². The second kappa shape index (κ2) is 42.0. The SMILES string of the molecule is CCCCC/C=C/C/C=C/C/C=C/C/C=C/CCCC(=O)OCC(COCCC(C(=O)[O-])[N+](C)(C)C)OC(=O)CCCCCCCCCCCCCCCCCCCC.